The highest BCUT2D eigenvalue weighted by atomic mass is 35.5. The first-order valence-corrected chi connectivity index (χ1v) is 11.3. The van der Waals surface area contributed by atoms with Crippen LogP contribution in [0.25, 0.3) is 0 Å². The van der Waals surface area contributed by atoms with Gasteiger partial charge in [0.25, 0.3) is 11.5 Å². The van der Waals surface area contributed by atoms with Gasteiger partial charge in [0.15, 0.2) is 0 Å². The number of rotatable bonds is 5. The predicted molar refractivity (Wildman–Crippen MR) is 112 cm³/mol. The van der Waals surface area contributed by atoms with E-state index >= 15 is 0 Å². The highest BCUT2D eigenvalue weighted by Crippen LogP contribution is 2.21. The molecule has 0 spiro atoms. The van der Waals surface area contributed by atoms with Crippen LogP contribution in [0, 0.1) is 12.8 Å². The Hall–Kier alpha value is -2.16. The number of sulfonamides is 1. The van der Waals surface area contributed by atoms with Crippen molar-refractivity contribution in [2.45, 2.75) is 24.7 Å². The zero-order valence-electron chi connectivity index (χ0n) is 16.4. The van der Waals surface area contributed by atoms with Gasteiger partial charge in [-0.15, -0.1) is 0 Å². The highest BCUT2D eigenvalue weighted by molar-refractivity contribution is 7.89. The van der Waals surface area contributed by atoms with Crippen LogP contribution in [0.2, 0.25) is 5.02 Å². The summed E-state index contributed by atoms with van der Waals surface area (Å²) in [4.78, 5) is 26.6. The van der Waals surface area contributed by atoms with Gasteiger partial charge in [0.1, 0.15) is 5.56 Å². The number of carbonyl (C=O) groups excluding carboxylic acids is 1. The third-order valence-corrected chi connectivity index (χ3v) is 7.10. The Labute approximate surface area is 175 Å². The van der Waals surface area contributed by atoms with Crippen LogP contribution in [0.4, 0.5) is 0 Å². The maximum absolute atomic E-state index is 12.6. The van der Waals surface area contributed by atoms with E-state index in [9.17, 15) is 18.0 Å². The van der Waals surface area contributed by atoms with E-state index in [2.05, 4.69) is 4.72 Å². The summed E-state index contributed by atoms with van der Waals surface area (Å²) < 4.78 is 29.0. The van der Waals surface area contributed by atoms with Gasteiger partial charge in [0.2, 0.25) is 10.0 Å². The van der Waals surface area contributed by atoms with Gasteiger partial charge >= 0.3 is 0 Å². The Morgan fingerprint density at radius 1 is 1.24 bits per heavy atom. The minimum atomic E-state index is -3.64. The molecule has 3 rings (SSSR count). The number of aromatic nitrogens is 1. The fraction of sp³-hybridized carbons (Fsp3) is 0.400. The van der Waals surface area contributed by atoms with E-state index in [0.29, 0.717) is 37.5 Å². The summed E-state index contributed by atoms with van der Waals surface area (Å²) in [5.41, 5.74) is 0.658. The Bertz CT molecular complexity index is 1070. The lowest BCUT2D eigenvalue weighted by Crippen LogP contribution is -2.43. The first-order valence-electron chi connectivity index (χ1n) is 9.40. The Morgan fingerprint density at radius 3 is 2.59 bits per heavy atom. The van der Waals surface area contributed by atoms with Crippen molar-refractivity contribution in [3.8, 4) is 0 Å². The van der Waals surface area contributed by atoms with Crippen molar-refractivity contribution in [3.63, 3.8) is 0 Å². The van der Waals surface area contributed by atoms with Crippen molar-refractivity contribution in [1.82, 2.24) is 14.2 Å². The van der Waals surface area contributed by atoms with Crippen LogP contribution in [-0.4, -0.2) is 43.4 Å². The van der Waals surface area contributed by atoms with E-state index in [0.717, 1.165) is 5.56 Å². The van der Waals surface area contributed by atoms with Crippen LogP contribution in [0.3, 0.4) is 0 Å². The number of likely N-dealkylation sites (tertiary alicyclic amines) is 1. The maximum atomic E-state index is 12.6. The molecular formula is C20H24ClN3O4S. The first-order chi connectivity index (χ1) is 13.7. The number of pyridine rings is 1. The van der Waals surface area contributed by atoms with E-state index in [4.69, 9.17) is 11.6 Å². The molecule has 1 amide bonds. The van der Waals surface area contributed by atoms with Crippen molar-refractivity contribution in [3.05, 3.63) is 63.0 Å². The van der Waals surface area contributed by atoms with Gasteiger partial charge < -0.3 is 9.47 Å². The molecule has 9 heteroatoms. The molecule has 0 atom stereocenters. The van der Waals surface area contributed by atoms with Gasteiger partial charge in [-0.3, -0.25) is 9.59 Å². The number of amides is 1. The third-order valence-electron chi connectivity index (χ3n) is 5.27. The number of piperidine rings is 1. The van der Waals surface area contributed by atoms with Gasteiger partial charge in [-0.1, -0.05) is 17.7 Å². The van der Waals surface area contributed by atoms with Crippen LogP contribution in [0.15, 0.2) is 46.2 Å². The lowest BCUT2D eigenvalue weighted by atomic mass is 9.97. The normalized spacial score (nSPS) is 15.5. The summed E-state index contributed by atoms with van der Waals surface area (Å²) in [6.45, 7) is 3.08. The van der Waals surface area contributed by atoms with Gasteiger partial charge in [0, 0.05) is 37.9 Å². The lowest BCUT2D eigenvalue weighted by Gasteiger charge is -2.32. The van der Waals surface area contributed by atoms with E-state index in [1.165, 1.54) is 22.8 Å². The SMILES string of the molecule is Cc1ccc(S(=O)(=O)NCC2CCN(C(=O)c3cccn(C)c3=O)CC2)cc1Cl. The van der Waals surface area contributed by atoms with Crippen LogP contribution < -0.4 is 10.3 Å². The van der Waals surface area contributed by atoms with Gasteiger partial charge in [-0.05, 0) is 55.5 Å². The summed E-state index contributed by atoms with van der Waals surface area (Å²) >= 11 is 6.03. The second-order valence-corrected chi connectivity index (χ2v) is 9.51. The number of hydrogen-bond donors (Lipinski definition) is 1. The molecule has 1 aliphatic rings. The van der Waals surface area contributed by atoms with E-state index < -0.39 is 10.0 Å². The molecule has 0 bridgehead atoms. The van der Waals surface area contributed by atoms with Crippen LogP contribution >= 0.6 is 11.6 Å². The molecule has 1 N–H and O–H groups in total. The molecule has 0 aliphatic carbocycles. The minimum absolute atomic E-state index is 0.119. The lowest BCUT2D eigenvalue weighted by molar-refractivity contribution is 0.0689. The molecular weight excluding hydrogens is 414 g/mol. The number of nitrogens with zero attached hydrogens (tertiary/aromatic N) is 2. The molecule has 2 heterocycles. The first kappa shape index (κ1) is 21.5. The summed E-state index contributed by atoms with van der Waals surface area (Å²) in [6.07, 6.45) is 2.94. The maximum Gasteiger partial charge on any atom is 0.263 e. The zero-order valence-corrected chi connectivity index (χ0v) is 18.0. The number of hydrogen-bond acceptors (Lipinski definition) is 4. The van der Waals surface area contributed by atoms with Crippen molar-refractivity contribution >= 4 is 27.5 Å². The fourth-order valence-corrected chi connectivity index (χ4v) is 4.71. The number of benzene rings is 1. The second-order valence-electron chi connectivity index (χ2n) is 7.34. The fourth-order valence-electron chi connectivity index (χ4n) is 3.32. The summed E-state index contributed by atoms with van der Waals surface area (Å²) in [5, 5.41) is 0.409. The van der Waals surface area contributed by atoms with E-state index in [1.807, 2.05) is 6.92 Å². The van der Waals surface area contributed by atoms with Gasteiger partial charge in [-0.2, -0.15) is 0 Å². The van der Waals surface area contributed by atoms with Crippen LogP contribution in [0.5, 0.6) is 0 Å². The average Bonchev–Trinajstić information content (AvgIpc) is 2.70. The molecule has 0 unspecified atom stereocenters. The minimum Gasteiger partial charge on any atom is -0.338 e. The second kappa shape index (κ2) is 8.69. The van der Waals surface area contributed by atoms with Crippen molar-refractivity contribution in [2.24, 2.45) is 13.0 Å². The van der Waals surface area contributed by atoms with E-state index in [-0.39, 0.29) is 27.8 Å². The largest absolute Gasteiger partial charge is 0.338 e. The highest BCUT2D eigenvalue weighted by Gasteiger charge is 2.26. The monoisotopic (exact) mass is 437 g/mol. The molecule has 29 heavy (non-hydrogen) atoms. The Kier molecular flexibility index (Phi) is 6.45. The average molecular weight is 438 g/mol. The molecule has 2 aromatic rings. The molecule has 0 saturated carbocycles. The molecule has 1 aromatic heterocycles. The summed E-state index contributed by atoms with van der Waals surface area (Å²) in [6, 6.07) is 7.87. The Morgan fingerprint density at radius 2 is 1.93 bits per heavy atom. The van der Waals surface area contributed by atoms with Crippen molar-refractivity contribution in [1.29, 1.82) is 0 Å². The molecule has 0 radical (unpaired) electrons. The molecule has 1 aliphatic heterocycles. The smallest absolute Gasteiger partial charge is 0.263 e. The molecule has 1 saturated heterocycles. The molecule has 7 nitrogen and oxygen atoms in total. The molecule has 1 aromatic carbocycles. The van der Waals surface area contributed by atoms with Crippen LogP contribution in [-0.2, 0) is 17.1 Å². The van der Waals surface area contributed by atoms with E-state index in [1.54, 1.807) is 30.3 Å². The third kappa shape index (κ3) is 4.88. The number of aryl methyl sites for hydroxylation is 2. The molecule has 156 valence electrons. The predicted octanol–water partition coefficient (Wildman–Crippen LogP) is 2.18. The number of halogens is 1. The number of carbonyl (C=O) groups is 1. The Balaban J connectivity index is 1.57. The zero-order chi connectivity index (χ0) is 21.2. The standard InChI is InChI=1S/C20H24ClN3O4S/c1-14-5-6-16(12-18(14)21)29(27,28)22-13-15-7-10-24(11-8-15)20(26)17-4-3-9-23(2)19(17)25/h3-6,9,12,15,22H,7-8,10-11,13H2,1-2H3. The quantitative estimate of drug-likeness (QED) is 0.776. The van der Waals surface area contributed by atoms with Crippen molar-refractivity contribution in [2.75, 3.05) is 19.6 Å². The van der Waals surface area contributed by atoms with Gasteiger partial charge in [0.05, 0.1) is 4.90 Å². The van der Waals surface area contributed by atoms with Gasteiger partial charge in [-0.25, -0.2) is 13.1 Å². The van der Waals surface area contributed by atoms with Crippen LogP contribution in [0.1, 0.15) is 28.8 Å². The topological polar surface area (TPSA) is 88.5 Å². The molecule has 1 fully saturated rings. The van der Waals surface area contributed by atoms with Crippen molar-refractivity contribution < 1.29 is 13.2 Å². The summed E-state index contributed by atoms with van der Waals surface area (Å²) in [5.74, 6) is -0.159. The number of nitrogens with one attached hydrogen (secondary N) is 1. The summed E-state index contributed by atoms with van der Waals surface area (Å²) in [7, 11) is -2.03.